The highest BCUT2D eigenvalue weighted by Gasteiger charge is 2.22. The smallest absolute Gasteiger partial charge is 0.262 e. The Morgan fingerprint density at radius 1 is 1.22 bits per heavy atom. The maximum atomic E-state index is 12.4. The molecular formula is C18H20BrClN2O4S. The molecule has 0 aliphatic carbocycles. The molecule has 0 atom stereocenters. The van der Waals surface area contributed by atoms with Gasteiger partial charge in [-0.05, 0) is 72.2 Å². The monoisotopic (exact) mass is 474 g/mol. The maximum absolute atomic E-state index is 12.4. The standard InChI is InChI=1S/C18H20BrClN2O4S/c1-12(2)22(3)27(24,25)15-7-5-14(6-8-15)21-18(23)11-26-17-9-4-13(20)10-16(17)19/h4-10,12H,11H2,1-3H3,(H,21,23). The number of hydrogen-bond donors (Lipinski definition) is 1. The molecule has 0 aromatic heterocycles. The molecule has 1 N–H and O–H groups in total. The van der Waals surface area contributed by atoms with Gasteiger partial charge in [0.2, 0.25) is 10.0 Å². The van der Waals surface area contributed by atoms with Gasteiger partial charge in [0.1, 0.15) is 5.75 Å². The molecule has 146 valence electrons. The third-order valence-electron chi connectivity index (χ3n) is 3.79. The SMILES string of the molecule is CC(C)N(C)S(=O)(=O)c1ccc(NC(=O)COc2ccc(Cl)cc2Br)cc1. The van der Waals surface area contributed by atoms with Crippen molar-refractivity contribution >= 4 is 49.1 Å². The van der Waals surface area contributed by atoms with Gasteiger partial charge in [0, 0.05) is 23.8 Å². The van der Waals surface area contributed by atoms with Crippen LogP contribution < -0.4 is 10.1 Å². The molecule has 0 saturated carbocycles. The molecular weight excluding hydrogens is 456 g/mol. The van der Waals surface area contributed by atoms with Gasteiger partial charge in [-0.2, -0.15) is 4.31 Å². The number of nitrogens with zero attached hydrogens (tertiary/aromatic N) is 1. The van der Waals surface area contributed by atoms with E-state index in [4.69, 9.17) is 16.3 Å². The van der Waals surface area contributed by atoms with Crippen LogP contribution >= 0.6 is 27.5 Å². The van der Waals surface area contributed by atoms with Crippen molar-refractivity contribution in [1.82, 2.24) is 4.31 Å². The van der Waals surface area contributed by atoms with Crippen LogP contribution in [0, 0.1) is 0 Å². The quantitative estimate of drug-likeness (QED) is 0.653. The number of amides is 1. The van der Waals surface area contributed by atoms with Crippen LogP contribution in [0.3, 0.4) is 0 Å². The lowest BCUT2D eigenvalue weighted by Crippen LogP contribution is -2.33. The van der Waals surface area contributed by atoms with Gasteiger partial charge < -0.3 is 10.1 Å². The number of halogens is 2. The molecule has 0 aliphatic heterocycles. The van der Waals surface area contributed by atoms with E-state index in [1.54, 1.807) is 32.0 Å². The Labute approximate surface area is 172 Å². The fraction of sp³-hybridized carbons (Fsp3) is 0.278. The zero-order valence-electron chi connectivity index (χ0n) is 15.1. The van der Waals surface area contributed by atoms with Crippen LogP contribution in [-0.2, 0) is 14.8 Å². The Morgan fingerprint density at radius 2 is 1.85 bits per heavy atom. The lowest BCUT2D eigenvalue weighted by Gasteiger charge is -2.21. The van der Waals surface area contributed by atoms with Gasteiger partial charge in [0.25, 0.3) is 5.91 Å². The van der Waals surface area contributed by atoms with Crippen molar-refractivity contribution in [1.29, 1.82) is 0 Å². The van der Waals surface area contributed by atoms with Gasteiger partial charge >= 0.3 is 0 Å². The number of carbonyl (C=O) groups excluding carboxylic acids is 1. The first-order chi connectivity index (χ1) is 12.6. The summed E-state index contributed by atoms with van der Waals surface area (Å²) >= 11 is 9.17. The first kappa shape index (κ1) is 21.7. The molecule has 2 aromatic rings. The minimum absolute atomic E-state index is 0.154. The number of benzene rings is 2. The van der Waals surface area contributed by atoms with E-state index in [1.165, 1.54) is 35.6 Å². The van der Waals surface area contributed by atoms with E-state index in [0.717, 1.165) is 0 Å². The third-order valence-corrected chi connectivity index (χ3v) is 6.70. The van der Waals surface area contributed by atoms with Crippen molar-refractivity contribution in [2.24, 2.45) is 0 Å². The summed E-state index contributed by atoms with van der Waals surface area (Å²) in [7, 11) is -2.03. The minimum Gasteiger partial charge on any atom is -0.483 e. The van der Waals surface area contributed by atoms with Crippen molar-refractivity contribution < 1.29 is 17.9 Å². The largest absolute Gasteiger partial charge is 0.483 e. The maximum Gasteiger partial charge on any atom is 0.262 e. The second-order valence-electron chi connectivity index (χ2n) is 6.05. The van der Waals surface area contributed by atoms with E-state index in [9.17, 15) is 13.2 Å². The summed E-state index contributed by atoms with van der Waals surface area (Å²) in [4.78, 5) is 12.2. The topological polar surface area (TPSA) is 75.7 Å². The molecule has 0 unspecified atom stereocenters. The number of sulfonamides is 1. The van der Waals surface area contributed by atoms with E-state index in [-0.39, 0.29) is 23.5 Å². The Bertz CT molecular complexity index is 917. The summed E-state index contributed by atoms with van der Waals surface area (Å²) < 4.78 is 32.2. The molecule has 0 fully saturated rings. The van der Waals surface area contributed by atoms with Gasteiger partial charge in [-0.25, -0.2) is 8.42 Å². The van der Waals surface area contributed by atoms with Crippen LogP contribution in [-0.4, -0.2) is 38.3 Å². The predicted octanol–water partition coefficient (Wildman–Crippen LogP) is 4.15. The predicted molar refractivity (Wildman–Crippen MR) is 110 cm³/mol. The molecule has 27 heavy (non-hydrogen) atoms. The highest BCUT2D eigenvalue weighted by molar-refractivity contribution is 9.10. The first-order valence-electron chi connectivity index (χ1n) is 8.07. The number of carbonyl (C=O) groups is 1. The van der Waals surface area contributed by atoms with E-state index in [1.807, 2.05) is 0 Å². The molecule has 1 amide bonds. The van der Waals surface area contributed by atoms with Crippen LogP contribution in [0.1, 0.15) is 13.8 Å². The highest BCUT2D eigenvalue weighted by atomic mass is 79.9. The number of ether oxygens (including phenoxy) is 1. The molecule has 6 nitrogen and oxygen atoms in total. The van der Waals surface area contributed by atoms with Gasteiger partial charge in [-0.15, -0.1) is 0 Å². The van der Waals surface area contributed by atoms with Crippen molar-refractivity contribution in [3.05, 3.63) is 52.0 Å². The lowest BCUT2D eigenvalue weighted by molar-refractivity contribution is -0.118. The number of nitrogens with one attached hydrogen (secondary N) is 1. The summed E-state index contributed by atoms with van der Waals surface area (Å²) in [6.07, 6.45) is 0. The van der Waals surface area contributed by atoms with Crippen LogP contribution in [0.25, 0.3) is 0 Å². The third kappa shape index (κ3) is 5.68. The zero-order valence-corrected chi connectivity index (χ0v) is 18.2. The van der Waals surface area contributed by atoms with E-state index < -0.39 is 10.0 Å². The Morgan fingerprint density at radius 3 is 2.41 bits per heavy atom. The average molecular weight is 476 g/mol. The normalized spacial score (nSPS) is 11.7. The van der Waals surface area contributed by atoms with Crippen LogP contribution in [0.5, 0.6) is 5.75 Å². The molecule has 0 bridgehead atoms. The van der Waals surface area contributed by atoms with Crippen LogP contribution in [0.15, 0.2) is 51.8 Å². The zero-order chi connectivity index (χ0) is 20.2. The molecule has 0 heterocycles. The number of anilines is 1. The van der Waals surface area contributed by atoms with Crippen LogP contribution in [0.2, 0.25) is 5.02 Å². The van der Waals surface area contributed by atoms with Crippen molar-refractivity contribution in [3.8, 4) is 5.75 Å². The summed E-state index contributed by atoms with van der Waals surface area (Å²) in [5.74, 6) is 0.125. The average Bonchev–Trinajstić information content (AvgIpc) is 2.60. The van der Waals surface area contributed by atoms with E-state index >= 15 is 0 Å². The second-order valence-corrected chi connectivity index (χ2v) is 9.34. The Balaban J connectivity index is 1.98. The lowest BCUT2D eigenvalue weighted by atomic mass is 10.3. The van der Waals surface area contributed by atoms with Gasteiger partial charge in [-0.3, -0.25) is 4.79 Å². The summed E-state index contributed by atoms with van der Waals surface area (Å²) in [5.41, 5.74) is 0.477. The molecule has 0 radical (unpaired) electrons. The highest BCUT2D eigenvalue weighted by Crippen LogP contribution is 2.28. The Hall–Kier alpha value is -1.61. The second kappa shape index (κ2) is 9.05. The minimum atomic E-state index is -3.56. The Kier molecular flexibility index (Phi) is 7.27. The van der Waals surface area contributed by atoms with Gasteiger partial charge in [-0.1, -0.05) is 11.6 Å². The van der Waals surface area contributed by atoms with Gasteiger partial charge in [0.15, 0.2) is 6.61 Å². The van der Waals surface area contributed by atoms with Crippen molar-refractivity contribution in [3.63, 3.8) is 0 Å². The fourth-order valence-corrected chi connectivity index (χ4v) is 4.25. The molecule has 0 saturated heterocycles. The molecule has 9 heteroatoms. The van der Waals surface area contributed by atoms with E-state index in [0.29, 0.717) is 20.9 Å². The molecule has 0 spiro atoms. The molecule has 2 rings (SSSR count). The number of rotatable bonds is 7. The fourth-order valence-electron chi connectivity index (χ4n) is 2.09. The number of hydrogen-bond acceptors (Lipinski definition) is 4. The van der Waals surface area contributed by atoms with Gasteiger partial charge in [0.05, 0.1) is 9.37 Å². The van der Waals surface area contributed by atoms with Crippen molar-refractivity contribution in [2.45, 2.75) is 24.8 Å². The molecule has 2 aromatic carbocycles. The van der Waals surface area contributed by atoms with E-state index in [2.05, 4.69) is 21.2 Å². The first-order valence-corrected chi connectivity index (χ1v) is 10.7. The molecule has 0 aliphatic rings. The summed E-state index contributed by atoms with van der Waals surface area (Å²) in [5, 5.41) is 3.21. The summed E-state index contributed by atoms with van der Waals surface area (Å²) in [6, 6.07) is 10.8. The van der Waals surface area contributed by atoms with Crippen molar-refractivity contribution in [2.75, 3.05) is 19.0 Å². The summed E-state index contributed by atoms with van der Waals surface area (Å²) in [6.45, 7) is 3.40. The van der Waals surface area contributed by atoms with Crippen LogP contribution in [0.4, 0.5) is 5.69 Å².